The molecular formula is C27H28N2. The molecule has 2 aromatic carbocycles. The second-order valence-corrected chi connectivity index (χ2v) is 8.94. The summed E-state index contributed by atoms with van der Waals surface area (Å²) in [5.74, 6) is 1.71. The number of nitrogens with zero attached hydrogens (tertiary/aromatic N) is 2. The standard InChI is InChI=1S/C27H28N2/c1-27(15-12-23(13-16-27)22-7-3-2-4-8-22)20-21-10-11-25-24(19-21)14-18-29(25)26-9-5-6-17-28-26/h2-11,14,17-19,23H,12-13,15-16,20H2,1H3. The van der Waals surface area contributed by atoms with E-state index in [0.29, 0.717) is 5.41 Å². The summed E-state index contributed by atoms with van der Waals surface area (Å²) in [6, 6.07) is 26.3. The lowest BCUT2D eigenvalue weighted by molar-refractivity contribution is 0.197. The SMILES string of the molecule is CC1(Cc2ccc3c(ccn3-c3ccccn3)c2)CCC(c2ccccc2)CC1. The van der Waals surface area contributed by atoms with Crippen molar-refractivity contribution in [2.75, 3.05) is 0 Å². The quantitative estimate of drug-likeness (QED) is 0.375. The van der Waals surface area contributed by atoms with Gasteiger partial charge in [0.15, 0.2) is 0 Å². The van der Waals surface area contributed by atoms with Crippen LogP contribution < -0.4 is 0 Å². The molecule has 2 heterocycles. The molecule has 1 aliphatic rings. The van der Waals surface area contributed by atoms with E-state index in [1.54, 1.807) is 0 Å². The number of fused-ring (bicyclic) bond motifs is 1. The van der Waals surface area contributed by atoms with E-state index in [9.17, 15) is 0 Å². The van der Waals surface area contributed by atoms with Gasteiger partial charge in [0, 0.05) is 17.8 Å². The summed E-state index contributed by atoms with van der Waals surface area (Å²) in [6.07, 6.45) is 10.4. The minimum atomic E-state index is 0.405. The van der Waals surface area contributed by atoms with Crippen molar-refractivity contribution in [3.63, 3.8) is 0 Å². The van der Waals surface area contributed by atoms with Gasteiger partial charge in [-0.3, -0.25) is 0 Å². The van der Waals surface area contributed by atoms with Gasteiger partial charge in [0.1, 0.15) is 5.82 Å². The van der Waals surface area contributed by atoms with Crippen LogP contribution in [-0.4, -0.2) is 9.55 Å². The van der Waals surface area contributed by atoms with E-state index in [2.05, 4.69) is 83.3 Å². The molecule has 1 fully saturated rings. The lowest BCUT2D eigenvalue weighted by Gasteiger charge is -2.38. The average molecular weight is 381 g/mol. The number of pyridine rings is 1. The first-order chi connectivity index (χ1) is 14.2. The first-order valence-corrected chi connectivity index (χ1v) is 10.8. The molecule has 2 nitrogen and oxygen atoms in total. The van der Waals surface area contributed by atoms with Gasteiger partial charge in [-0.25, -0.2) is 4.98 Å². The molecule has 1 saturated carbocycles. The average Bonchev–Trinajstić information content (AvgIpc) is 3.18. The molecule has 0 spiro atoms. The van der Waals surface area contributed by atoms with Crippen molar-refractivity contribution in [2.45, 2.75) is 44.9 Å². The third-order valence-corrected chi connectivity index (χ3v) is 6.75. The Hall–Kier alpha value is -2.87. The molecule has 2 aromatic heterocycles. The van der Waals surface area contributed by atoms with Crippen LogP contribution in [0.15, 0.2) is 85.2 Å². The van der Waals surface area contributed by atoms with Gasteiger partial charge in [-0.05, 0) is 84.9 Å². The van der Waals surface area contributed by atoms with Gasteiger partial charge in [0.25, 0.3) is 0 Å². The summed E-state index contributed by atoms with van der Waals surface area (Å²) in [5.41, 5.74) is 4.61. The number of rotatable bonds is 4. The van der Waals surface area contributed by atoms with E-state index in [4.69, 9.17) is 0 Å². The maximum absolute atomic E-state index is 4.49. The lowest BCUT2D eigenvalue weighted by Crippen LogP contribution is -2.26. The molecule has 0 N–H and O–H groups in total. The van der Waals surface area contributed by atoms with E-state index in [0.717, 1.165) is 11.7 Å². The highest BCUT2D eigenvalue weighted by Gasteiger charge is 2.31. The monoisotopic (exact) mass is 380 g/mol. The molecular weight excluding hydrogens is 352 g/mol. The van der Waals surface area contributed by atoms with Gasteiger partial charge in [0.05, 0.1) is 5.52 Å². The summed E-state index contributed by atoms with van der Waals surface area (Å²) in [4.78, 5) is 4.49. The fourth-order valence-corrected chi connectivity index (χ4v) is 5.04. The Labute approximate surface area is 173 Å². The Bertz CT molecular complexity index is 1090. The third kappa shape index (κ3) is 3.72. The molecule has 0 amide bonds. The van der Waals surface area contributed by atoms with Crippen LogP contribution in [0.4, 0.5) is 0 Å². The van der Waals surface area contributed by atoms with Crippen LogP contribution >= 0.6 is 0 Å². The number of benzene rings is 2. The van der Waals surface area contributed by atoms with Gasteiger partial charge in [-0.15, -0.1) is 0 Å². The maximum Gasteiger partial charge on any atom is 0.137 e. The second kappa shape index (κ2) is 7.51. The van der Waals surface area contributed by atoms with E-state index in [1.807, 2.05) is 18.3 Å². The zero-order valence-electron chi connectivity index (χ0n) is 17.1. The fraction of sp³-hybridized carbons (Fsp3) is 0.296. The molecule has 5 rings (SSSR count). The highest BCUT2D eigenvalue weighted by Crippen LogP contribution is 2.44. The summed E-state index contributed by atoms with van der Waals surface area (Å²) in [7, 11) is 0. The zero-order valence-corrected chi connectivity index (χ0v) is 17.1. The number of hydrogen-bond acceptors (Lipinski definition) is 1. The number of aromatic nitrogens is 2. The molecule has 0 atom stereocenters. The van der Waals surface area contributed by atoms with E-state index >= 15 is 0 Å². The smallest absolute Gasteiger partial charge is 0.137 e. The molecule has 0 saturated heterocycles. The summed E-state index contributed by atoms with van der Waals surface area (Å²) in [6.45, 7) is 2.48. The van der Waals surface area contributed by atoms with Gasteiger partial charge in [-0.2, -0.15) is 0 Å². The minimum Gasteiger partial charge on any atom is -0.301 e. The molecule has 146 valence electrons. The van der Waals surface area contributed by atoms with E-state index in [1.165, 1.54) is 54.1 Å². The fourth-order valence-electron chi connectivity index (χ4n) is 5.04. The Balaban J connectivity index is 1.32. The second-order valence-electron chi connectivity index (χ2n) is 8.94. The summed E-state index contributed by atoms with van der Waals surface area (Å²) >= 11 is 0. The normalized spacial score (nSPS) is 22.0. The largest absolute Gasteiger partial charge is 0.301 e. The highest BCUT2D eigenvalue weighted by molar-refractivity contribution is 5.82. The van der Waals surface area contributed by atoms with Gasteiger partial charge < -0.3 is 4.57 Å². The van der Waals surface area contributed by atoms with Crippen molar-refractivity contribution in [1.82, 2.24) is 9.55 Å². The molecule has 0 bridgehead atoms. The van der Waals surface area contributed by atoms with Crippen molar-refractivity contribution in [2.24, 2.45) is 5.41 Å². The lowest BCUT2D eigenvalue weighted by atomic mass is 9.67. The summed E-state index contributed by atoms with van der Waals surface area (Å²) in [5, 5.41) is 1.30. The molecule has 1 aliphatic carbocycles. The van der Waals surface area contributed by atoms with Crippen molar-refractivity contribution >= 4 is 10.9 Å². The highest BCUT2D eigenvalue weighted by atomic mass is 15.0. The Morgan fingerprint density at radius 2 is 1.72 bits per heavy atom. The Morgan fingerprint density at radius 1 is 0.931 bits per heavy atom. The van der Waals surface area contributed by atoms with Gasteiger partial charge >= 0.3 is 0 Å². The molecule has 2 heteroatoms. The molecule has 29 heavy (non-hydrogen) atoms. The van der Waals surface area contributed by atoms with Crippen LogP contribution in [0, 0.1) is 5.41 Å². The van der Waals surface area contributed by atoms with E-state index < -0.39 is 0 Å². The van der Waals surface area contributed by atoms with Crippen LogP contribution in [-0.2, 0) is 6.42 Å². The predicted octanol–water partition coefficient (Wildman–Crippen LogP) is 6.93. The van der Waals surface area contributed by atoms with Crippen LogP contribution in [0.5, 0.6) is 0 Å². The van der Waals surface area contributed by atoms with Crippen molar-refractivity contribution in [3.8, 4) is 5.82 Å². The molecule has 0 aliphatic heterocycles. The van der Waals surface area contributed by atoms with Crippen LogP contribution in [0.1, 0.15) is 49.7 Å². The third-order valence-electron chi connectivity index (χ3n) is 6.75. The molecule has 0 unspecified atom stereocenters. The first-order valence-electron chi connectivity index (χ1n) is 10.8. The predicted molar refractivity (Wildman–Crippen MR) is 121 cm³/mol. The topological polar surface area (TPSA) is 17.8 Å². The van der Waals surface area contributed by atoms with Crippen molar-refractivity contribution in [1.29, 1.82) is 0 Å². The first kappa shape index (κ1) is 18.2. The Morgan fingerprint density at radius 3 is 2.48 bits per heavy atom. The van der Waals surface area contributed by atoms with Crippen LogP contribution in [0.2, 0.25) is 0 Å². The zero-order chi connectivity index (χ0) is 19.7. The summed E-state index contributed by atoms with van der Waals surface area (Å²) < 4.78 is 2.17. The van der Waals surface area contributed by atoms with E-state index in [-0.39, 0.29) is 0 Å². The van der Waals surface area contributed by atoms with Crippen LogP contribution in [0.25, 0.3) is 16.7 Å². The van der Waals surface area contributed by atoms with Crippen molar-refractivity contribution < 1.29 is 0 Å². The van der Waals surface area contributed by atoms with Crippen LogP contribution in [0.3, 0.4) is 0 Å². The Kier molecular flexibility index (Phi) is 4.71. The van der Waals surface area contributed by atoms with Crippen molar-refractivity contribution in [3.05, 3.63) is 96.3 Å². The van der Waals surface area contributed by atoms with Gasteiger partial charge in [0.2, 0.25) is 0 Å². The molecule has 0 radical (unpaired) electrons. The molecule has 4 aromatic rings. The maximum atomic E-state index is 4.49. The minimum absolute atomic E-state index is 0.405. The number of hydrogen-bond donors (Lipinski definition) is 0. The van der Waals surface area contributed by atoms with Gasteiger partial charge in [-0.1, -0.05) is 49.4 Å².